The number of halogens is 1. The van der Waals surface area contributed by atoms with Crippen LogP contribution >= 0.6 is 0 Å². The van der Waals surface area contributed by atoms with Crippen LogP contribution in [0.15, 0.2) is 23.0 Å². The van der Waals surface area contributed by atoms with Gasteiger partial charge in [-0.15, -0.1) is 0 Å². The molecule has 1 aromatic heterocycles. The fraction of sp³-hybridized carbons (Fsp3) is 0.500. The third kappa shape index (κ3) is 4.90. The molecule has 0 atom stereocenters. The zero-order valence-electron chi connectivity index (χ0n) is 17.6. The molecular weight excluding hydrogens is 371 g/mol. The standard InChI is InChI=1S/C22H29FN4O2/c1-14(2)13-26-7-9-27(10-8-26)22(29)18-11-17(5-6-19(18)23)12-20-15(3)16(4)21(28)25-24-20/h5-6,11,14H,7-10,12-13H2,1-4H3,(H,25,28). The smallest absolute Gasteiger partial charge is 0.267 e. The lowest BCUT2D eigenvalue weighted by molar-refractivity contribution is 0.0619. The van der Waals surface area contributed by atoms with Crippen molar-refractivity contribution in [1.29, 1.82) is 0 Å². The number of hydrogen-bond donors (Lipinski definition) is 1. The van der Waals surface area contributed by atoms with Crippen LogP contribution in [0.2, 0.25) is 0 Å². The average Bonchev–Trinajstić information content (AvgIpc) is 2.69. The highest BCUT2D eigenvalue weighted by atomic mass is 19.1. The normalized spacial score (nSPS) is 15.2. The molecule has 0 aliphatic carbocycles. The number of carbonyl (C=O) groups is 1. The zero-order chi connectivity index (χ0) is 21.1. The van der Waals surface area contributed by atoms with Crippen molar-refractivity contribution in [2.75, 3.05) is 32.7 Å². The molecule has 156 valence electrons. The molecule has 7 heteroatoms. The van der Waals surface area contributed by atoms with Crippen molar-refractivity contribution in [3.05, 3.63) is 62.3 Å². The van der Waals surface area contributed by atoms with Crippen LogP contribution < -0.4 is 5.56 Å². The maximum absolute atomic E-state index is 14.4. The number of rotatable bonds is 5. The monoisotopic (exact) mass is 400 g/mol. The highest BCUT2D eigenvalue weighted by Crippen LogP contribution is 2.18. The van der Waals surface area contributed by atoms with Crippen molar-refractivity contribution in [2.45, 2.75) is 34.1 Å². The second kappa shape index (κ2) is 8.86. The van der Waals surface area contributed by atoms with E-state index < -0.39 is 5.82 Å². The van der Waals surface area contributed by atoms with Crippen molar-refractivity contribution >= 4 is 5.91 Å². The Morgan fingerprint density at radius 1 is 1.17 bits per heavy atom. The second-order valence-corrected chi connectivity index (χ2v) is 8.23. The molecule has 0 bridgehead atoms. The number of aromatic nitrogens is 2. The zero-order valence-corrected chi connectivity index (χ0v) is 17.6. The van der Waals surface area contributed by atoms with Gasteiger partial charge in [-0.3, -0.25) is 14.5 Å². The maximum atomic E-state index is 14.4. The number of amides is 1. The predicted octanol–water partition coefficient (Wildman–Crippen LogP) is 2.53. The molecule has 1 aromatic carbocycles. The summed E-state index contributed by atoms with van der Waals surface area (Å²) in [7, 11) is 0. The van der Waals surface area contributed by atoms with Gasteiger partial charge >= 0.3 is 0 Å². The van der Waals surface area contributed by atoms with Gasteiger partial charge in [-0.2, -0.15) is 5.10 Å². The first kappa shape index (κ1) is 21.2. The lowest BCUT2D eigenvalue weighted by atomic mass is 10.0. The molecule has 2 aromatic rings. The van der Waals surface area contributed by atoms with E-state index in [1.807, 2.05) is 6.92 Å². The van der Waals surface area contributed by atoms with Gasteiger partial charge < -0.3 is 4.90 Å². The second-order valence-electron chi connectivity index (χ2n) is 8.23. The minimum atomic E-state index is -0.509. The molecule has 0 saturated carbocycles. The lowest BCUT2D eigenvalue weighted by Gasteiger charge is -2.35. The molecule has 1 aliphatic heterocycles. The van der Waals surface area contributed by atoms with Crippen LogP contribution in [0.1, 0.15) is 46.6 Å². The van der Waals surface area contributed by atoms with E-state index in [1.54, 1.807) is 24.0 Å². The third-order valence-electron chi connectivity index (χ3n) is 5.54. The quantitative estimate of drug-likeness (QED) is 0.837. The van der Waals surface area contributed by atoms with E-state index in [0.717, 1.165) is 36.5 Å². The fourth-order valence-electron chi connectivity index (χ4n) is 3.70. The van der Waals surface area contributed by atoms with E-state index in [0.29, 0.717) is 31.0 Å². The Morgan fingerprint density at radius 2 is 1.86 bits per heavy atom. The molecule has 29 heavy (non-hydrogen) atoms. The van der Waals surface area contributed by atoms with E-state index >= 15 is 0 Å². The largest absolute Gasteiger partial charge is 0.336 e. The molecule has 0 spiro atoms. The third-order valence-corrected chi connectivity index (χ3v) is 5.54. The van der Waals surface area contributed by atoms with Gasteiger partial charge in [-0.25, -0.2) is 9.49 Å². The summed E-state index contributed by atoms with van der Waals surface area (Å²) in [5.74, 6) is -0.193. The minimum absolute atomic E-state index is 0.0959. The van der Waals surface area contributed by atoms with E-state index in [9.17, 15) is 14.0 Å². The summed E-state index contributed by atoms with van der Waals surface area (Å²) in [6.07, 6.45) is 0.423. The maximum Gasteiger partial charge on any atom is 0.267 e. The molecule has 1 aliphatic rings. The lowest BCUT2D eigenvalue weighted by Crippen LogP contribution is -2.49. The van der Waals surface area contributed by atoms with Crippen LogP contribution in [-0.2, 0) is 6.42 Å². The number of piperazine rings is 1. The predicted molar refractivity (Wildman–Crippen MR) is 111 cm³/mol. The first-order valence-electron chi connectivity index (χ1n) is 10.1. The van der Waals surface area contributed by atoms with Crippen molar-refractivity contribution in [3.63, 3.8) is 0 Å². The summed E-state index contributed by atoms with van der Waals surface area (Å²) >= 11 is 0. The molecule has 0 unspecified atom stereocenters. The molecule has 6 nitrogen and oxygen atoms in total. The van der Waals surface area contributed by atoms with Gasteiger partial charge in [0.2, 0.25) is 0 Å². The van der Waals surface area contributed by atoms with Crippen LogP contribution in [0.5, 0.6) is 0 Å². The summed E-state index contributed by atoms with van der Waals surface area (Å²) in [6, 6.07) is 4.61. The van der Waals surface area contributed by atoms with E-state index in [-0.39, 0.29) is 17.0 Å². The Hall–Kier alpha value is -2.54. The molecule has 1 fully saturated rings. The molecule has 1 amide bonds. The first-order valence-corrected chi connectivity index (χ1v) is 10.1. The van der Waals surface area contributed by atoms with Crippen LogP contribution in [-0.4, -0.2) is 58.6 Å². The van der Waals surface area contributed by atoms with Gasteiger partial charge in [0.25, 0.3) is 11.5 Å². The fourth-order valence-corrected chi connectivity index (χ4v) is 3.70. The van der Waals surface area contributed by atoms with Gasteiger partial charge in [-0.1, -0.05) is 19.9 Å². The van der Waals surface area contributed by atoms with Crippen molar-refractivity contribution in [3.8, 4) is 0 Å². The number of nitrogens with one attached hydrogen (secondary N) is 1. The van der Waals surface area contributed by atoms with E-state index in [2.05, 4.69) is 28.9 Å². The average molecular weight is 400 g/mol. The summed E-state index contributed by atoms with van der Waals surface area (Å²) < 4.78 is 14.4. The highest BCUT2D eigenvalue weighted by molar-refractivity contribution is 5.94. The topological polar surface area (TPSA) is 69.3 Å². The van der Waals surface area contributed by atoms with Crippen molar-refractivity contribution < 1.29 is 9.18 Å². The number of carbonyl (C=O) groups excluding carboxylic acids is 1. The first-order chi connectivity index (χ1) is 13.8. The molecule has 1 N–H and O–H groups in total. The Morgan fingerprint density at radius 3 is 2.52 bits per heavy atom. The number of H-pyrrole nitrogens is 1. The van der Waals surface area contributed by atoms with Crippen LogP contribution in [0.4, 0.5) is 4.39 Å². The number of benzene rings is 1. The molecule has 3 rings (SSSR count). The van der Waals surface area contributed by atoms with Crippen LogP contribution in [0, 0.1) is 25.6 Å². The SMILES string of the molecule is Cc1c(Cc2ccc(F)c(C(=O)N3CCN(CC(C)C)CC3)c2)n[nH]c(=O)c1C. The summed E-state index contributed by atoms with van der Waals surface area (Å²) in [5.41, 5.74) is 2.82. The van der Waals surface area contributed by atoms with Crippen LogP contribution in [0.3, 0.4) is 0 Å². The van der Waals surface area contributed by atoms with Gasteiger partial charge in [-0.05, 0) is 43.0 Å². The van der Waals surface area contributed by atoms with Gasteiger partial charge in [0.05, 0.1) is 11.3 Å². The Bertz CT molecular complexity index is 946. The summed E-state index contributed by atoms with van der Waals surface area (Å²) in [4.78, 5) is 28.7. The number of aromatic amines is 1. The number of hydrogen-bond acceptors (Lipinski definition) is 4. The Labute approximate surface area is 170 Å². The Balaban J connectivity index is 1.75. The summed E-state index contributed by atoms with van der Waals surface area (Å²) in [5, 5.41) is 6.61. The Kier molecular flexibility index (Phi) is 6.47. The van der Waals surface area contributed by atoms with Crippen molar-refractivity contribution in [1.82, 2.24) is 20.0 Å². The van der Waals surface area contributed by atoms with E-state index in [1.165, 1.54) is 6.07 Å². The van der Waals surface area contributed by atoms with Crippen molar-refractivity contribution in [2.24, 2.45) is 5.92 Å². The van der Waals surface area contributed by atoms with Gasteiger partial charge in [0.15, 0.2) is 0 Å². The number of nitrogens with zero attached hydrogens (tertiary/aromatic N) is 3. The molecule has 1 saturated heterocycles. The highest BCUT2D eigenvalue weighted by Gasteiger charge is 2.24. The van der Waals surface area contributed by atoms with Gasteiger partial charge in [0.1, 0.15) is 5.82 Å². The van der Waals surface area contributed by atoms with Gasteiger partial charge in [0, 0.05) is 44.7 Å². The van der Waals surface area contributed by atoms with Crippen LogP contribution in [0.25, 0.3) is 0 Å². The molecule has 0 radical (unpaired) electrons. The molecular formula is C22H29FN4O2. The summed E-state index contributed by atoms with van der Waals surface area (Å²) in [6.45, 7) is 11.8. The van der Waals surface area contributed by atoms with E-state index in [4.69, 9.17) is 0 Å². The minimum Gasteiger partial charge on any atom is -0.336 e. The molecule has 2 heterocycles.